The van der Waals surface area contributed by atoms with Crippen LogP contribution < -0.4 is 5.32 Å². The minimum absolute atomic E-state index is 0.391. The number of rotatable bonds is 5. The van der Waals surface area contributed by atoms with Crippen molar-refractivity contribution in [3.05, 3.63) is 29.2 Å². The minimum atomic E-state index is 0.391. The summed E-state index contributed by atoms with van der Waals surface area (Å²) in [7, 11) is 0. The van der Waals surface area contributed by atoms with Crippen LogP contribution in [0.1, 0.15) is 50.1 Å². The highest BCUT2D eigenvalue weighted by atomic mass is 16.3. The van der Waals surface area contributed by atoms with Crippen LogP contribution in [-0.2, 0) is 0 Å². The first-order chi connectivity index (χ1) is 9.52. The van der Waals surface area contributed by atoms with E-state index in [-0.39, 0.29) is 0 Å². The maximum absolute atomic E-state index is 5.63. The molecule has 0 saturated carbocycles. The molecule has 4 nitrogen and oxygen atoms in total. The molecule has 0 saturated heterocycles. The summed E-state index contributed by atoms with van der Waals surface area (Å²) in [6.45, 7) is 11.3. The van der Waals surface area contributed by atoms with Gasteiger partial charge in [0, 0.05) is 17.8 Å². The fraction of sp³-hybridized carbons (Fsp3) is 0.500. The molecule has 0 unspecified atom stereocenters. The molecule has 0 radical (unpaired) electrons. The Labute approximate surface area is 120 Å². The molecule has 2 rings (SSSR count). The van der Waals surface area contributed by atoms with E-state index >= 15 is 0 Å². The second kappa shape index (κ2) is 6.07. The average Bonchev–Trinajstić information content (AvgIpc) is 2.81. The molecule has 0 aliphatic rings. The Morgan fingerprint density at radius 2 is 1.95 bits per heavy atom. The van der Waals surface area contributed by atoms with E-state index in [1.165, 1.54) is 5.56 Å². The van der Waals surface area contributed by atoms with Gasteiger partial charge in [-0.1, -0.05) is 20.8 Å². The lowest BCUT2D eigenvalue weighted by atomic mass is 10.0. The van der Waals surface area contributed by atoms with Gasteiger partial charge in [0.2, 0.25) is 0 Å². The maximum atomic E-state index is 5.63. The largest absolute Gasteiger partial charge is 0.458 e. The second-order valence-corrected chi connectivity index (χ2v) is 5.39. The zero-order valence-electron chi connectivity index (χ0n) is 12.9. The van der Waals surface area contributed by atoms with Crippen LogP contribution in [-0.4, -0.2) is 16.5 Å². The summed E-state index contributed by atoms with van der Waals surface area (Å²) in [4.78, 5) is 9.26. The van der Waals surface area contributed by atoms with Crippen LogP contribution in [0.4, 0.5) is 5.82 Å². The third-order valence-electron chi connectivity index (χ3n) is 3.22. The van der Waals surface area contributed by atoms with Crippen molar-refractivity contribution in [2.24, 2.45) is 0 Å². The predicted octanol–water partition coefficient (Wildman–Crippen LogP) is 4.30. The molecule has 1 N–H and O–H groups in total. The van der Waals surface area contributed by atoms with Gasteiger partial charge < -0.3 is 9.73 Å². The molecular formula is C16H23N3O. The quantitative estimate of drug-likeness (QED) is 0.882. The summed E-state index contributed by atoms with van der Waals surface area (Å²) < 4.78 is 5.63. The fourth-order valence-corrected chi connectivity index (χ4v) is 2.32. The minimum Gasteiger partial charge on any atom is -0.458 e. The monoisotopic (exact) mass is 273 g/mol. The summed E-state index contributed by atoms with van der Waals surface area (Å²) in [5, 5.41) is 3.41. The first-order valence-electron chi connectivity index (χ1n) is 7.22. The highest BCUT2D eigenvalue weighted by molar-refractivity contribution is 5.56. The SMILES string of the molecule is CCCNc1nc(-c2ccc(C)o2)nc(C)c1C(C)C. The number of nitrogens with zero attached hydrogens (tertiary/aromatic N) is 2. The first kappa shape index (κ1) is 14.6. The van der Waals surface area contributed by atoms with Crippen LogP contribution in [0.5, 0.6) is 0 Å². The number of furan rings is 1. The highest BCUT2D eigenvalue weighted by Gasteiger charge is 2.16. The summed E-state index contributed by atoms with van der Waals surface area (Å²) >= 11 is 0. The van der Waals surface area contributed by atoms with Gasteiger partial charge in [-0.05, 0) is 38.3 Å². The molecule has 2 heterocycles. The molecule has 0 bridgehead atoms. The number of hydrogen-bond donors (Lipinski definition) is 1. The summed E-state index contributed by atoms with van der Waals surface area (Å²) in [6, 6.07) is 3.85. The van der Waals surface area contributed by atoms with Gasteiger partial charge in [-0.15, -0.1) is 0 Å². The van der Waals surface area contributed by atoms with Crippen molar-refractivity contribution in [1.29, 1.82) is 0 Å². The lowest BCUT2D eigenvalue weighted by Gasteiger charge is -2.16. The van der Waals surface area contributed by atoms with E-state index in [1.54, 1.807) is 0 Å². The molecule has 0 spiro atoms. The van der Waals surface area contributed by atoms with Gasteiger partial charge in [0.1, 0.15) is 11.6 Å². The lowest BCUT2D eigenvalue weighted by molar-refractivity contribution is 0.543. The smallest absolute Gasteiger partial charge is 0.197 e. The normalized spacial score (nSPS) is 11.1. The zero-order valence-corrected chi connectivity index (χ0v) is 12.9. The summed E-state index contributed by atoms with van der Waals surface area (Å²) in [5.41, 5.74) is 2.20. The number of hydrogen-bond acceptors (Lipinski definition) is 4. The number of aromatic nitrogens is 2. The zero-order chi connectivity index (χ0) is 14.7. The van der Waals surface area contributed by atoms with E-state index in [0.29, 0.717) is 11.7 Å². The van der Waals surface area contributed by atoms with Gasteiger partial charge >= 0.3 is 0 Å². The molecule has 2 aromatic heterocycles. The van der Waals surface area contributed by atoms with Crippen LogP contribution in [0.2, 0.25) is 0 Å². The molecular weight excluding hydrogens is 250 g/mol. The number of anilines is 1. The molecule has 4 heteroatoms. The molecule has 0 atom stereocenters. The topological polar surface area (TPSA) is 51.0 Å². The summed E-state index contributed by atoms with van der Waals surface area (Å²) in [5.74, 6) is 3.57. The molecule has 0 aliphatic heterocycles. The maximum Gasteiger partial charge on any atom is 0.197 e. The van der Waals surface area contributed by atoms with E-state index in [1.807, 2.05) is 26.0 Å². The fourth-order valence-electron chi connectivity index (χ4n) is 2.32. The van der Waals surface area contributed by atoms with E-state index in [0.717, 1.165) is 36.0 Å². The molecule has 0 aliphatic carbocycles. The van der Waals surface area contributed by atoms with Gasteiger partial charge in [-0.2, -0.15) is 0 Å². The molecule has 108 valence electrons. The van der Waals surface area contributed by atoms with Gasteiger partial charge in [-0.25, -0.2) is 9.97 Å². The van der Waals surface area contributed by atoms with Gasteiger partial charge in [0.05, 0.1) is 0 Å². The van der Waals surface area contributed by atoms with Gasteiger partial charge in [0.15, 0.2) is 11.6 Å². The van der Waals surface area contributed by atoms with Gasteiger partial charge in [-0.3, -0.25) is 0 Å². The first-order valence-corrected chi connectivity index (χ1v) is 7.22. The van der Waals surface area contributed by atoms with E-state index in [2.05, 4.69) is 36.1 Å². The Kier molecular flexibility index (Phi) is 4.42. The number of nitrogens with one attached hydrogen (secondary N) is 1. The van der Waals surface area contributed by atoms with Crippen molar-refractivity contribution >= 4 is 5.82 Å². The molecule has 2 aromatic rings. The summed E-state index contributed by atoms with van der Waals surface area (Å²) in [6.07, 6.45) is 1.07. The van der Waals surface area contributed by atoms with E-state index in [4.69, 9.17) is 4.42 Å². The van der Waals surface area contributed by atoms with Crippen molar-refractivity contribution in [2.45, 2.75) is 47.0 Å². The third kappa shape index (κ3) is 3.00. The Balaban J connectivity index is 2.48. The lowest BCUT2D eigenvalue weighted by Crippen LogP contribution is -2.10. The van der Waals surface area contributed by atoms with Crippen LogP contribution in [0, 0.1) is 13.8 Å². The molecule has 0 aromatic carbocycles. The molecule has 0 fully saturated rings. The Hall–Kier alpha value is -1.84. The van der Waals surface area contributed by atoms with Crippen molar-refractivity contribution in [2.75, 3.05) is 11.9 Å². The molecule has 20 heavy (non-hydrogen) atoms. The third-order valence-corrected chi connectivity index (χ3v) is 3.22. The van der Waals surface area contributed by atoms with Crippen LogP contribution in [0.3, 0.4) is 0 Å². The van der Waals surface area contributed by atoms with Crippen molar-refractivity contribution in [3.8, 4) is 11.6 Å². The van der Waals surface area contributed by atoms with E-state index in [9.17, 15) is 0 Å². The van der Waals surface area contributed by atoms with Crippen LogP contribution >= 0.6 is 0 Å². The number of aryl methyl sites for hydroxylation is 2. The standard InChI is InChI=1S/C16H23N3O/c1-6-9-17-16-14(10(2)3)12(5)18-15(19-16)13-8-7-11(4)20-13/h7-8,10H,6,9H2,1-5H3,(H,17,18,19). The Morgan fingerprint density at radius 3 is 2.50 bits per heavy atom. The van der Waals surface area contributed by atoms with Crippen LogP contribution in [0.25, 0.3) is 11.6 Å². The van der Waals surface area contributed by atoms with Gasteiger partial charge in [0.25, 0.3) is 0 Å². The predicted molar refractivity (Wildman–Crippen MR) is 82.1 cm³/mol. The van der Waals surface area contributed by atoms with Crippen molar-refractivity contribution in [1.82, 2.24) is 9.97 Å². The van der Waals surface area contributed by atoms with Crippen molar-refractivity contribution in [3.63, 3.8) is 0 Å². The Morgan fingerprint density at radius 1 is 1.20 bits per heavy atom. The Bertz CT molecular complexity index is 587. The highest BCUT2D eigenvalue weighted by Crippen LogP contribution is 2.28. The van der Waals surface area contributed by atoms with Crippen LogP contribution in [0.15, 0.2) is 16.5 Å². The second-order valence-electron chi connectivity index (χ2n) is 5.39. The molecule has 0 amide bonds. The van der Waals surface area contributed by atoms with Crippen molar-refractivity contribution < 1.29 is 4.42 Å². The average molecular weight is 273 g/mol. The van der Waals surface area contributed by atoms with E-state index < -0.39 is 0 Å².